The van der Waals surface area contributed by atoms with Crippen LogP contribution in [-0.2, 0) is 22.6 Å². The van der Waals surface area contributed by atoms with E-state index in [0.29, 0.717) is 37.6 Å². The number of benzene rings is 1. The Hall–Kier alpha value is -2.58. The highest BCUT2D eigenvalue weighted by Gasteiger charge is 2.29. The first-order valence-electron chi connectivity index (χ1n) is 8.55. The molecule has 0 spiro atoms. The molecule has 1 amide bonds. The van der Waals surface area contributed by atoms with Gasteiger partial charge in [0.1, 0.15) is 17.6 Å². The van der Waals surface area contributed by atoms with E-state index in [0.717, 1.165) is 5.56 Å². The number of aliphatic hydroxyl groups is 1. The molecule has 26 heavy (non-hydrogen) atoms. The van der Waals surface area contributed by atoms with Crippen molar-refractivity contribution < 1.29 is 23.9 Å². The van der Waals surface area contributed by atoms with E-state index < -0.39 is 0 Å². The molecule has 8 nitrogen and oxygen atoms in total. The van der Waals surface area contributed by atoms with Crippen LogP contribution in [0.1, 0.15) is 24.2 Å². The number of ether oxygens (including phenoxy) is 2. The number of hydrogen-bond donors (Lipinski definition) is 3. The number of aromatic amines is 1. The normalized spacial score (nSPS) is 19.9. The van der Waals surface area contributed by atoms with Crippen molar-refractivity contribution in [3.05, 3.63) is 52.0 Å². The predicted octanol–water partition coefficient (Wildman–Crippen LogP) is 0.745. The van der Waals surface area contributed by atoms with Crippen LogP contribution in [-0.4, -0.2) is 41.5 Å². The topological polar surface area (TPSA) is 114 Å². The van der Waals surface area contributed by atoms with Gasteiger partial charge in [-0.05, 0) is 17.7 Å². The Morgan fingerprint density at radius 2 is 2.15 bits per heavy atom. The zero-order valence-electron chi connectivity index (χ0n) is 14.3. The highest BCUT2D eigenvalue weighted by Crippen LogP contribution is 2.19. The Morgan fingerprint density at radius 3 is 2.85 bits per heavy atom. The molecule has 0 bridgehead atoms. The average molecular weight is 362 g/mol. The van der Waals surface area contributed by atoms with Crippen LogP contribution in [0.5, 0.6) is 5.75 Å². The van der Waals surface area contributed by atoms with Gasteiger partial charge in [0.05, 0.1) is 25.9 Å². The minimum absolute atomic E-state index is 0.0164. The van der Waals surface area contributed by atoms with Gasteiger partial charge in [0, 0.05) is 25.3 Å². The summed E-state index contributed by atoms with van der Waals surface area (Å²) in [5.74, 6) is 0.970. The molecule has 0 aliphatic carbocycles. The summed E-state index contributed by atoms with van der Waals surface area (Å²) in [6.07, 6.45) is 1.01. The molecule has 2 aromatic rings. The SMILES string of the molecule is O=C(CCc1cc(=O)[nH]o1)N[C@@H]1COCC[C@H]1Oc1ccc(CO)cc1. The third-order valence-electron chi connectivity index (χ3n) is 4.21. The summed E-state index contributed by atoms with van der Waals surface area (Å²) in [5, 5.41) is 14.2. The second-order valence-corrected chi connectivity index (χ2v) is 6.17. The fourth-order valence-corrected chi connectivity index (χ4v) is 2.80. The van der Waals surface area contributed by atoms with Crippen molar-refractivity contribution in [2.75, 3.05) is 13.2 Å². The molecule has 1 aliphatic rings. The van der Waals surface area contributed by atoms with Gasteiger partial charge < -0.3 is 24.4 Å². The molecule has 1 aromatic carbocycles. The molecule has 0 radical (unpaired) electrons. The number of rotatable bonds is 7. The minimum atomic E-state index is -0.318. The van der Waals surface area contributed by atoms with E-state index in [1.807, 2.05) is 0 Å². The first-order valence-corrected chi connectivity index (χ1v) is 8.55. The Kier molecular flexibility index (Phi) is 6.08. The molecular weight excluding hydrogens is 340 g/mol. The summed E-state index contributed by atoms with van der Waals surface area (Å²) in [6, 6.07) is 8.27. The smallest absolute Gasteiger partial charge is 0.280 e. The number of carbonyl (C=O) groups is 1. The van der Waals surface area contributed by atoms with Crippen molar-refractivity contribution in [1.29, 1.82) is 0 Å². The average Bonchev–Trinajstić information content (AvgIpc) is 3.08. The quantitative estimate of drug-likeness (QED) is 0.670. The molecule has 1 saturated heterocycles. The number of nitrogens with one attached hydrogen (secondary N) is 2. The lowest BCUT2D eigenvalue weighted by Gasteiger charge is -2.32. The molecule has 1 fully saturated rings. The Balaban J connectivity index is 1.53. The molecule has 2 heterocycles. The van der Waals surface area contributed by atoms with Crippen LogP contribution in [0.4, 0.5) is 0 Å². The van der Waals surface area contributed by atoms with E-state index in [1.165, 1.54) is 6.07 Å². The van der Waals surface area contributed by atoms with Crippen molar-refractivity contribution in [1.82, 2.24) is 10.5 Å². The molecule has 3 rings (SSSR count). The van der Waals surface area contributed by atoms with E-state index in [-0.39, 0.29) is 36.6 Å². The number of carbonyl (C=O) groups excluding carboxylic acids is 1. The summed E-state index contributed by atoms with van der Waals surface area (Å²) in [6.45, 7) is 0.933. The van der Waals surface area contributed by atoms with Gasteiger partial charge in [-0.2, -0.15) is 5.16 Å². The molecule has 8 heteroatoms. The fraction of sp³-hybridized carbons (Fsp3) is 0.444. The summed E-state index contributed by atoms with van der Waals surface area (Å²) < 4.78 is 16.4. The zero-order valence-corrected chi connectivity index (χ0v) is 14.3. The second kappa shape index (κ2) is 8.68. The molecule has 1 aromatic heterocycles. The molecule has 2 atom stereocenters. The number of hydrogen-bond acceptors (Lipinski definition) is 6. The summed E-state index contributed by atoms with van der Waals surface area (Å²) >= 11 is 0. The van der Waals surface area contributed by atoms with Crippen LogP contribution in [0, 0.1) is 0 Å². The highest BCUT2D eigenvalue weighted by molar-refractivity contribution is 5.76. The van der Waals surface area contributed by atoms with Gasteiger partial charge >= 0.3 is 0 Å². The number of amides is 1. The fourth-order valence-electron chi connectivity index (χ4n) is 2.80. The summed E-state index contributed by atoms with van der Waals surface area (Å²) in [7, 11) is 0. The van der Waals surface area contributed by atoms with Crippen molar-refractivity contribution >= 4 is 5.91 Å². The number of H-pyrrole nitrogens is 1. The predicted molar refractivity (Wildman–Crippen MR) is 91.8 cm³/mol. The molecule has 1 aliphatic heterocycles. The van der Waals surface area contributed by atoms with Gasteiger partial charge in [-0.1, -0.05) is 12.1 Å². The van der Waals surface area contributed by atoms with Gasteiger partial charge in [0.25, 0.3) is 5.56 Å². The number of aliphatic hydroxyl groups excluding tert-OH is 1. The van der Waals surface area contributed by atoms with Crippen LogP contribution in [0.15, 0.2) is 39.6 Å². The molecule has 0 unspecified atom stereocenters. The van der Waals surface area contributed by atoms with Crippen LogP contribution in [0.2, 0.25) is 0 Å². The van der Waals surface area contributed by atoms with Crippen molar-refractivity contribution in [3.63, 3.8) is 0 Å². The third-order valence-corrected chi connectivity index (χ3v) is 4.21. The summed E-state index contributed by atoms with van der Waals surface area (Å²) in [4.78, 5) is 23.2. The van der Waals surface area contributed by atoms with Crippen LogP contribution in [0.25, 0.3) is 0 Å². The lowest BCUT2D eigenvalue weighted by atomic mass is 10.1. The second-order valence-electron chi connectivity index (χ2n) is 6.17. The van der Waals surface area contributed by atoms with Crippen LogP contribution < -0.4 is 15.6 Å². The molecular formula is C18H22N2O6. The standard InChI is InChI=1S/C18H22N2O6/c21-10-12-1-3-13(4-2-12)25-16-7-8-24-11-15(16)19-17(22)6-5-14-9-18(23)20-26-14/h1-4,9,15-16,21H,5-8,10-11H2,(H,19,22)(H,20,23)/t15-,16-/m1/s1. The van der Waals surface area contributed by atoms with E-state index in [4.69, 9.17) is 19.1 Å². The Morgan fingerprint density at radius 1 is 1.35 bits per heavy atom. The van der Waals surface area contributed by atoms with Crippen molar-refractivity contribution in [2.24, 2.45) is 0 Å². The first-order chi connectivity index (χ1) is 12.6. The number of aromatic nitrogens is 1. The third kappa shape index (κ3) is 4.96. The van der Waals surface area contributed by atoms with E-state index in [1.54, 1.807) is 24.3 Å². The summed E-state index contributed by atoms with van der Waals surface area (Å²) in [5.41, 5.74) is 0.493. The Labute approximate surface area is 150 Å². The maximum atomic E-state index is 12.2. The minimum Gasteiger partial charge on any atom is -0.488 e. The van der Waals surface area contributed by atoms with Gasteiger partial charge in [0.15, 0.2) is 0 Å². The van der Waals surface area contributed by atoms with Gasteiger partial charge in [0.2, 0.25) is 5.91 Å². The van der Waals surface area contributed by atoms with Gasteiger partial charge in [-0.3, -0.25) is 9.59 Å². The number of aryl methyl sites for hydroxylation is 1. The van der Waals surface area contributed by atoms with E-state index in [9.17, 15) is 9.59 Å². The van der Waals surface area contributed by atoms with Crippen LogP contribution in [0.3, 0.4) is 0 Å². The first kappa shape index (κ1) is 18.2. The van der Waals surface area contributed by atoms with Crippen molar-refractivity contribution in [3.8, 4) is 5.75 Å². The molecule has 0 saturated carbocycles. The van der Waals surface area contributed by atoms with Gasteiger partial charge in [-0.15, -0.1) is 0 Å². The lowest BCUT2D eigenvalue weighted by Crippen LogP contribution is -2.51. The zero-order chi connectivity index (χ0) is 18.4. The van der Waals surface area contributed by atoms with Crippen LogP contribution >= 0.6 is 0 Å². The van der Waals surface area contributed by atoms with E-state index in [2.05, 4.69) is 10.5 Å². The maximum Gasteiger partial charge on any atom is 0.280 e. The monoisotopic (exact) mass is 362 g/mol. The van der Waals surface area contributed by atoms with Gasteiger partial charge in [-0.25, -0.2) is 0 Å². The molecule has 140 valence electrons. The highest BCUT2D eigenvalue weighted by atomic mass is 16.5. The maximum absolute atomic E-state index is 12.2. The Bertz CT molecular complexity index is 766. The van der Waals surface area contributed by atoms with E-state index >= 15 is 0 Å². The molecule has 3 N–H and O–H groups in total. The largest absolute Gasteiger partial charge is 0.488 e. The lowest BCUT2D eigenvalue weighted by molar-refractivity contribution is -0.124. The van der Waals surface area contributed by atoms with Crippen molar-refractivity contribution in [2.45, 2.75) is 38.0 Å².